The highest BCUT2D eigenvalue weighted by Gasteiger charge is 2.49. The Hall–Kier alpha value is -6.83. The van der Waals surface area contributed by atoms with Crippen LogP contribution in [-0.2, 0) is 184 Å². The third kappa shape index (κ3) is 25.4. The Morgan fingerprint density at radius 2 is 0.559 bits per heavy atom. The lowest BCUT2D eigenvalue weighted by Gasteiger charge is -2.36. The first-order chi connectivity index (χ1) is 68.4. The van der Waals surface area contributed by atoms with Crippen LogP contribution in [-0.4, -0.2) is 229 Å². The van der Waals surface area contributed by atoms with Crippen molar-refractivity contribution in [1.29, 1.82) is 0 Å². The fourth-order valence-electron chi connectivity index (χ4n) is 17.0. The second kappa shape index (κ2) is 44.1. The predicted octanol–water partition coefficient (Wildman–Crippen LogP) is -2.28. The molecule has 7 saturated heterocycles. The molecule has 73 heteroatoms. The van der Waals surface area contributed by atoms with Gasteiger partial charge in [-0.25, -0.2) is 64.0 Å². The molecule has 0 radical (unpaired) electrons. The number of aryl methyl sites for hydroxylation is 4. The number of rotatable bonds is 41. The van der Waals surface area contributed by atoms with Gasteiger partial charge in [0.2, 0.25) is 0 Å². The van der Waals surface area contributed by atoms with Gasteiger partial charge in [0.25, 0.3) is 22.2 Å². The summed E-state index contributed by atoms with van der Waals surface area (Å²) in [7, 11) is 1.06. The van der Waals surface area contributed by atoms with E-state index in [9.17, 15) is 72.3 Å². The molecule has 7 aliphatic rings. The number of nitrogen functional groups attached to an aromatic ring is 3. The summed E-state index contributed by atoms with van der Waals surface area (Å²) >= 11 is 38.0. The standard InChI is InChI=1S/C72H94N23O36P7S7/c1-7-35-36(8-53(118-35)93-28-82-56-59(73)76-25-79-62(56)93)126-133(105,140)112-20-44-38(9-49(119-44)89-15-31(2)65(96)85-69(89)100)128-135(107,142)114-21-45-40(11-51(120-45)91-17-33(4)67(98)87-71(91)102)129-136(108,143)115-22-46-41(12-52(121-46)92-18-34(5)68(99)88-72(92)103)130-137(109,144)117-24-48-42(14-55(124-48)95-30-84-58-61(75)78-27-81-64(58)95)131-138(110,145)116-23-47-39(10-50(122-47)90-16-32(3)66(97)86-70(90)101)127-134(106,141)113-19-43-37(125-132(104,139)111-6)13-54(123-43)94-29-83-57-60(74)77-26-80-63(57)94/h15-18,25-30,35-55H,7-14,19-24H2,1-6H3,(H,104,139)(H,105,140)(H,106,141)(H,107,142)(H,108,143)(H,109,144)(H,110,145)(H2,73,76,79)(H2,74,77,80)(H2,75,78,81)(H,85,96,100)(H,86,97,101)(H,87,98,102)(H,88,99,103)/p-7/t35-,36-,37-,38-,39-,40-,41-,42-,43-,44-,45-,46-,47-,48-,49-,50-,51-,52-,53-,54-,55-,132?,133?,134?,135?,136?,137?,138?/m1/s1. The van der Waals surface area contributed by atoms with E-state index in [1.54, 1.807) is 11.5 Å². The number of ether oxygens (including phenoxy) is 7. The zero-order chi connectivity index (χ0) is 104. The highest BCUT2D eigenvalue weighted by Crippen LogP contribution is 2.57. The summed E-state index contributed by atoms with van der Waals surface area (Å²) in [5.41, 5.74) is 12.7. The first-order valence-electron chi connectivity index (χ1n) is 43.5. The smallest absolute Gasteiger partial charge is 0.330 e. The molecule has 10 aromatic rings. The lowest BCUT2D eigenvalue weighted by Crippen LogP contribution is -2.34. The normalized spacial score (nSPS) is 29.6. The van der Waals surface area contributed by atoms with Gasteiger partial charge < -0.3 is 155 Å². The number of anilines is 3. The Morgan fingerprint density at radius 3 is 0.800 bits per heavy atom. The van der Waals surface area contributed by atoms with E-state index in [2.05, 4.69) is 64.8 Å². The quantitative estimate of drug-likeness (QED) is 0.0157. The van der Waals surface area contributed by atoms with E-state index in [1.165, 1.54) is 80.9 Å². The summed E-state index contributed by atoms with van der Waals surface area (Å²) in [6.07, 6.45) is -17.9. The van der Waals surface area contributed by atoms with Gasteiger partial charge >= 0.3 is 22.8 Å². The zero-order valence-electron chi connectivity index (χ0n) is 75.9. The Labute approximate surface area is 850 Å². The first kappa shape index (κ1) is 109. The minimum atomic E-state index is -5.07. The van der Waals surface area contributed by atoms with E-state index in [1.807, 2.05) is 0 Å². The maximum absolute atomic E-state index is 15.0. The molecule has 0 saturated carbocycles. The topological polar surface area (TPSA) is 778 Å². The van der Waals surface area contributed by atoms with Gasteiger partial charge in [0.1, 0.15) is 156 Å². The molecule has 10 N–H and O–H groups in total. The summed E-state index contributed by atoms with van der Waals surface area (Å²) in [6, 6.07) is 0. The van der Waals surface area contributed by atoms with Crippen LogP contribution in [0.3, 0.4) is 0 Å². The van der Waals surface area contributed by atoms with E-state index in [0.29, 0.717) is 17.6 Å². The molecule has 17 rings (SSSR count). The third-order valence-corrected chi connectivity index (χ3v) is 35.1. The number of hydrogen-bond donors (Lipinski definition) is 7. The number of aromatic nitrogens is 20. The third-order valence-electron chi connectivity index (χ3n) is 24.0. The summed E-state index contributed by atoms with van der Waals surface area (Å²) in [4.78, 5) is 238. The van der Waals surface area contributed by atoms with E-state index < -0.39 is 286 Å². The average molecular weight is 2290 g/mol. The maximum Gasteiger partial charge on any atom is 0.330 e. The minimum absolute atomic E-state index is 0.000881. The first-order valence-corrected chi connectivity index (χ1v) is 61.4. The Balaban J connectivity index is 0.578. The van der Waals surface area contributed by atoms with Crippen molar-refractivity contribution in [3.05, 3.63) is 168 Å². The number of fused-ring (bicyclic) bond motifs is 3. The molecular formula is C72H87N23O36P7S7-7. The van der Waals surface area contributed by atoms with Crippen molar-refractivity contribution in [1.82, 2.24) is 96.8 Å². The zero-order valence-corrected chi connectivity index (χ0v) is 87.8. The highest BCUT2D eigenvalue weighted by atomic mass is 32.7. The predicted molar refractivity (Wildman–Crippen MR) is 511 cm³/mol. The van der Waals surface area contributed by atoms with Gasteiger partial charge in [0, 0.05) is 99.1 Å². The number of nitrogens with one attached hydrogen (secondary N) is 4. The Bertz CT molecular complexity index is 7470. The minimum Gasteiger partial charge on any atom is -0.780 e. The molecular weight excluding hydrogens is 2200 g/mol. The van der Waals surface area contributed by atoms with Crippen LogP contribution in [0.25, 0.3) is 33.5 Å². The van der Waals surface area contributed by atoms with Gasteiger partial charge in [-0.05, 0) is 34.1 Å². The van der Waals surface area contributed by atoms with Gasteiger partial charge in [0.05, 0.1) is 107 Å². The van der Waals surface area contributed by atoms with E-state index in [-0.39, 0.29) is 81.3 Å². The lowest BCUT2D eigenvalue weighted by molar-refractivity contribution is -0.221. The number of hydrogen-bond acceptors (Lipinski definition) is 55. The molecule has 7 aliphatic heterocycles. The average Bonchev–Trinajstić information content (AvgIpc) is 1.63. The Kier molecular flexibility index (Phi) is 33.3. The van der Waals surface area contributed by atoms with Gasteiger partial charge in [-0.2, -0.15) is 0 Å². The highest BCUT2D eigenvalue weighted by molar-refractivity contribution is 8.32. The number of H-pyrrole nitrogens is 4. The molecule has 0 amide bonds. The molecule has 790 valence electrons. The van der Waals surface area contributed by atoms with E-state index in [0.717, 1.165) is 44.1 Å². The number of imidazole rings is 3. The summed E-state index contributed by atoms with van der Waals surface area (Å²) in [6.45, 7) is -31.4. The van der Waals surface area contributed by atoms with Crippen LogP contribution in [0.4, 0.5) is 17.5 Å². The van der Waals surface area contributed by atoms with E-state index >= 15 is 0 Å². The van der Waals surface area contributed by atoms with Crippen molar-refractivity contribution < 1.29 is 130 Å². The fraction of sp³-hybridized carbons (Fsp3) is 0.569. The number of aromatic amines is 4. The molecule has 0 spiro atoms. The number of nitrogens with two attached hydrogens (primary N) is 3. The fourth-order valence-corrected chi connectivity index (χ4v) is 26.7. The van der Waals surface area contributed by atoms with E-state index in [4.69, 9.17) is 197 Å². The van der Waals surface area contributed by atoms with Gasteiger partial charge in [-0.3, -0.25) is 75.6 Å². The van der Waals surface area contributed by atoms with Crippen molar-refractivity contribution in [3.63, 3.8) is 0 Å². The molecule has 7 unspecified atom stereocenters. The molecule has 17 heterocycles. The maximum atomic E-state index is 15.0. The van der Waals surface area contributed by atoms with Crippen LogP contribution < -0.4 is 91.6 Å². The molecule has 0 bridgehead atoms. The van der Waals surface area contributed by atoms with Crippen molar-refractivity contribution in [3.8, 4) is 0 Å². The van der Waals surface area contributed by atoms with Crippen LogP contribution in [0.1, 0.15) is 124 Å². The molecule has 59 nitrogen and oxygen atoms in total. The van der Waals surface area contributed by atoms with Gasteiger partial charge in [-0.15, -0.1) is 0 Å². The Morgan fingerprint density at radius 1 is 0.345 bits per heavy atom. The molecule has 0 aromatic carbocycles. The molecule has 7 fully saturated rings. The number of nitrogens with zero attached hydrogens (tertiary/aromatic N) is 16. The molecule has 145 heavy (non-hydrogen) atoms. The SMILES string of the molecule is CC[C@H]1O[C@@H](n2cnc3c(N)ncnc32)C[C@H]1OP([O-])(=S)OC[C@H]1O[C@@H](n2cc(C)c(=O)[nH]c2=O)C[C@H]1OP(=O)([S-])OC[C@H]1O[C@@H](n2cc(C)c(=O)[nH]c2=O)C[C@H]1OP([O-])(=S)OC[C@H]1O[C@@H](n2cc(C)c(=O)[nH]c2=O)C[C@H]1OP([O-])(=S)OC[C@H]1O[C@@H](n2cnc3c(N)ncnc32)C[C@H]1OP([O-])(=S)OC[C@H]1O[C@@H](n2cc(C)c(=O)[nH]c2=O)C[C@H]1OP([O-])(=S)OC[C@H]1O[C@@H](n2cnc3c(N)ncnc32)C[C@H]1OP([O-])(=S)OC. The summed E-state index contributed by atoms with van der Waals surface area (Å²) in [5.74, 6) is 0.110. The van der Waals surface area contributed by atoms with Crippen LogP contribution in [0, 0.1) is 27.7 Å². The van der Waals surface area contributed by atoms with Gasteiger partial charge in [-0.1, -0.05) is 77.8 Å². The van der Waals surface area contributed by atoms with Crippen LogP contribution in [0.2, 0.25) is 0 Å². The lowest BCUT2D eigenvalue weighted by atomic mass is 10.1. The summed E-state index contributed by atoms with van der Waals surface area (Å²) in [5, 5.41) is 0. The molecule has 0 aliphatic carbocycles. The molecule has 28 atom stereocenters. The second-order valence-electron chi connectivity index (χ2n) is 33.7. The van der Waals surface area contributed by atoms with Crippen LogP contribution in [0.15, 0.2) is 101 Å². The van der Waals surface area contributed by atoms with Crippen molar-refractivity contribution in [2.75, 3.05) is 64.0 Å². The second-order valence-corrected chi connectivity index (χ2v) is 52.8. The van der Waals surface area contributed by atoms with Crippen LogP contribution >= 0.6 is 47.1 Å². The van der Waals surface area contributed by atoms with Gasteiger partial charge in [0.15, 0.2) is 41.2 Å². The molecule has 10 aromatic heterocycles. The summed E-state index contributed by atoms with van der Waals surface area (Å²) < 4.78 is 149. The van der Waals surface area contributed by atoms with Crippen molar-refractivity contribution in [2.24, 2.45) is 0 Å². The monoisotopic (exact) mass is 2290 g/mol. The van der Waals surface area contributed by atoms with Crippen LogP contribution in [0.5, 0.6) is 0 Å². The van der Waals surface area contributed by atoms with Crippen molar-refractivity contribution in [2.45, 2.75) is 215 Å². The largest absolute Gasteiger partial charge is 0.780 e. The van der Waals surface area contributed by atoms with Crippen molar-refractivity contribution >= 4 is 181 Å².